The van der Waals surface area contributed by atoms with E-state index in [0.717, 1.165) is 17.7 Å². The van der Waals surface area contributed by atoms with Gasteiger partial charge in [0.05, 0.1) is 25.3 Å². The van der Waals surface area contributed by atoms with Crippen LogP contribution < -0.4 is 5.32 Å². The molecule has 0 aliphatic carbocycles. The van der Waals surface area contributed by atoms with Crippen LogP contribution in [0.3, 0.4) is 0 Å². The number of aryl methyl sites for hydroxylation is 1. The van der Waals surface area contributed by atoms with Crippen molar-refractivity contribution in [2.24, 2.45) is 5.92 Å². The van der Waals surface area contributed by atoms with Gasteiger partial charge in [0.1, 0.15) is 5.76 Å². The molecule has 3 amide bonds. The van der Waals surface area contributed by atoms with Crippen LogP contribution in [-0.2, 0) is 20.9 Å². The van der Waals surface area contributed by atoms with Crippen molar-refractivity contribution in [1.29, 1.82) is 0 Å². The van der Waals surface area contributed by atoms with E-state index in [-0.39, 0.29) is 30.7 Å². The number of hydrogen-bond donors (Lipinski definition) is 1. The molecule has 2 aromatic rings. The second-order valence-corrected chi connectivity index (χ2v) is 7.38. The molecule has 3 rings (SSSR count). The van der Waals surface area contributed by atoms with Gasteiger partial charge in [-0.2, -0.15) is 0 Å². The Bertz CT molecular complexity index is 863. The number of anilines is 1. The lowest BCUT2D eigenvalue weighted by Gasteiger charge is -2.25. The lowest BCUT2D eigenvalue weighted by molar-refractivity contribution is -0.138. The third-order valence-corrected chi connectivity index (χ3v) is 5.05. The van der Waals surface area contributed by atoms with Crippen molar-refractivity contribution in [3.05, 3.63) is 54.0 Å². The highest BCUT2D eigenvalue weighted by Crippen LogP contribution is 2.23. The molecular formula is C22H27N3O4. The normalized spacial score (nSPS) is 16.1. The fourth-order valence-corrected chi connectivity index (χ4v) is 3.55. The van der Waals surface area contributed by atoms with E-state index >= 15 is 0 Å². The van der Waals surface area contributed by atoms with E-state index in [1.165, 1.54) is 0 Å². The summed E-state index contributed by atoms with van der Waals surface area (Å²) in [5.41, 5.74) is 1.70. The van der Waals surface area contributed by atoms with Gasteiger partial charge in [0.15, 0.2) is 0 Å². The molecule has 1 unspecified atom stereocenters. The third kappa shape index (κ3) is 5.25. The zero-order valence-corrected chi connectivity index (χ0v) is 16.9. The van der Waals surface area contributed by atoms with E-state index in [2.05, 4.69) is 5.32 Å². The quantitative estimate of drug-likeness (QED) is 0.743. The maximum atomic E-state index is 13.0. The molecule has 154 valence electrons. The Labute approximate surface area is 170 Å². The van der Waals surface area contributed by atoms with Gasteiger partial charge in [-0.15, -0.1) is 0 Å². The zero-order valence-electron chi connectivity index (χ0n) is 16.9. The molecule has 1 aromatic heterocycles. The Morgan fingerprint density at radius 3 is 2.72 bits per heavy atom. The maximum absolute atomic E-state index is 13.0. The summed E-state index contributed by atoms with van der Waals surface area (Å²) in [6.45, 7) is 5.03. The zero-order chi connectivity index (χ0) is 20.8. The van der Waals surface area contributed by atoms with Crippen LogP contribution in [0.1, 0.15) is 31.1 Å². The minimum atomic E-state index is -0.435. The maximum Gasteiger partial charge on any atom is 0.244 e. The fraction of sp³-hybridized carbons (Fsp3) is 0.409. The van der Waals surface area contributed by atoms with Crippen LogP contribution in [0.25, 0.3) is 0 Å². The summed E-state index contributed by atoms with van der Waals surface area (Å²) < 4.78 is 5.30. The number of nitrogens with one attached hydrogen (secondary N) is 1. The third-order valence-electron chi connectivity index (χ3n) is 5.05. The van der Waals surface area contributed by atoms with Gasteiger partial charge in [-0.05, 0) is 37.1 Å². The molecule has 1 saturated heterocycles. The summed E-state index contributed by atoms with van der Waals surface area (Å²) in [4.78, 5) is 41.1. The highest BCUT2D eigenvalue weighted by atomic mass is 16.3. The number of likely N-dealkylation sites (tertiary alicyclic amines) is 1. The minimum Gasteiger partial charge on any atom is -0.467 e. The largest absolute Gasteiger partial charge is 0.467 e. The average molecular weight is 397 g/mol. The molecule has 7 heteroatoms. The van der Waals surface area contributed by atoms with Crippen molar-refractivity contribution in [3.8, 4) is 0 Å². The molecule has 29 heavy (non-hydrogen) atoms. The van der Waals surface area contributed by atoms with Gasteiger partial charge in [-0.1, -0.05) is 25.1 Å². The molecule has 2 heterocycles. The first kappa shape index (κ1) is 20.6. The van der Waals surface area contributed by atoms with Crippen molar-refractivity contribution in [2.75, 3.05) is 25.0 Å². The highest BCUT2D eigenvalue weighted by Gasteiger charge is 2.37. The molecule has 1 fully saturated rings. The Morgan fingerprint density at radius 1 is 1.24 bits per heavy atom. The molecule has 0 radical (unpaired) electrons. The number of rotatable bonds is 8. The Hall–Kier alpha value is -3.09. The summed E-state index contributed by atoms with van der Waals surface area (Å²) in [7, 11) is 0. The molecule has 0 saturated carbocycles. The van der Waals surface area contributed by atoms with Crippen molar-refractivity contribution in [3.63, 3.8) is 0 Å². The summed E-state index contributed by atoms with van der Waals surface area (Å²) in [5, 5.41) is 2.87. The molecule has 1 aliphatic rings. The molecule has 0 spiro atoms. The number of hydrogen-bond acceptors (Lipinski definition) is 4. The monoisotopic (exact) mass is 397 g/mol. The predicted octanol–water partition coefficient (Wildman–Crippen LogP) is 2.81. The van der Waals surface area contributed by atoms with Gasteiger partial charge in [-0.3, -0.25) is 14.4 Å². The van der Waals surface area contributed by atoms with Crippen LogP contribution in [0.2, 0.25) is 0 Å². The number of para-hydroxylation sites is 1. The first-order valence-corrected chi connectivity index (χ1v) is 9.92. The van der Waals surface area contributed by atoms with Gasteiger partial charge in [0.25, 0.3) is 0 Å². The second kappa shape index (κ2) is 9.41. The molecule has 1 atom stereocenters. The number of benzene rings is 1. The van der Waals surface area contributed by atoms with E-state index < -0.39 is 5.92 Å². The van der Waals surface area contributed by atoms with E-state index in [9.17, 15) is 14.4 Å². The lowest BCUT2D eigenvalue weighted by Crippen LogP contribution is -2.42. The lowest BCUT2D eigenvalue weighted by atomic mass is 10.1. The number of carbonyl (C=O) groups is 3. The van der Waals surface area contributed by atoms with Gasteiger partial charge >= 0.3 is 0 Å². The van der Waals surface area contributed by atoms with E-state index in [4.69, 9.17) is 4.42 Å². The summed E-state index contributed by atoms with van der Waals surface area (Å²) in [5.74, 6) is -0.203. The van der Waals surface area contributed by atoms with Crippen molar-refractivity contribution in [2.45, 2.75) is 33.2 Å². The molecule has 1 N–H and O–H groups in total. The van der Waals surface area contributed by atoms with Gasteiger partial charge in [0.2, 0.25) is 17.7 Å². The molecular weight excluding hydrogens is 370 g/mol. The van der Waals surface area contributed by atoms with Crippen molar-refractivity contribution < 1.29 is 18.8 Å². The van der Waals surface area contributed by atoms with Gasteiger partial charge in [-0.25, -0.2) is 0 Å². The van der Waals surface area contributed by atoms with Crippen LogP contribution in [0.5, 0.6) is 0 Å². The van der Waals surface area contributed by atoms with E-state index in [0.29, 0.717) is 25.4 Å². The van der Waals surface area contributed by atoms with E-state index in [1.807, 2.05) is 44.2 Å². The average Bonchev–Trinajstić information content (AvgIpc) is 3.33. The smallest absolute Gasteiger partial charge is 0.244 e. The second-order valence-electron chi connectivity index (χ2n) is 7.38. The van der Waals surface area contributed by atoms with Crippen LogP contribution in [0.4, 0.5) is 5.69 Å². The fourth-order valence-electron chi connectivity index (χ4n) is 3.55. The molecule has 0 bridgehead atoms. The van der Waals surface area contributed by atoms with Crippen molar-refractivity contribution in [1.82, 2.24) is 9.80 Å². The summed E-state index contributed by atoms with van der Waals surface area (Å²) >= 11 is 0. The summed E-state index contributed by atoms with van der Waals surface area (Å²) in [6, 6.07) is 11.1. The van der Waals surface area contributed by atoms with Gasteiger partial charge in [0, 0.05) is 25.2 Å². The van der Waals surface area contributed by atoms with Crippen molar-refractivity contribution >= 4 is 23.4 Å². The van der Waals surface area contributed by atoms with E-state index in [1.54, 1.807) is 22.1 Å². The minimum absolute atomic E-state index is 0.0239. The standard InChI is InChI=1S/C22H27N3O4/c1-3-10-24(15-20(26)23-19-9-5-4-7-16(19)2)22(28)17-12-21(27)25(13-17)14-18-8-6-11-29-18/h4-9,11,17H,3,10,12-15H2,1-2H3,(H,23,26). The number of nitrogens with zero attached hydrogens (tertiary/aromatic N) is 2. The first-order valence-electron chi connectivity index (χ1n) is 9.92. The number of amides is 3. The van der Waals surface area contributed by atoms with Crippen LogP contribution >= 0.6 is 0 Å². The number of furan rings is 1. The molecule has 1 aliphatic heterocycles. The Kier molecular flexibility index (Phi) is 6.69. The predicted molar refractivity (Wildman–Crippen MR) is 109 cm³/mol. The highest BCUT2D eigenvalue weighted by molar-refractivity contribution is 5.96. The molecule has 1 aromatic carbocycles. The number of carbonyl (C=O) groups excluding carboxylic acids is 3. The topological polar surface area (TPSA) is 82.9 Å². The Morgan fingerprint density at radius 2 is 2.03 bits per heavy atom. The molecule has 7 nitrogen and oxygen atoms in total. The Balaban J connectivity index is 1.61. The first-order chi connectivity index (χ1) is 14.0. The van der Waals surface area contributed by atoms with Gasteiger partial charge < -0.3 is 19.5 Å². The van der Waals surface area contributed by atoms with Crippen LogP contribution in [0, 0.1) is 12.8 Å². The SMILES string of the molecule is CCCN(CC(=O)Nc1ccccc1C)C(=O)C1CC(=O)N(Cc2ccco2)C1. The van der Waals surface area contributed by atoms with Crippen LogP contribution in [-0.4, -0.2) is 47.2 Å². The summed E-state index contributed by atoms with van der Waals surface area (Å²) in [6.07, 6.45) is 2.47. The van der Waals surface area contributed by atoms with Crippen LogP contribution in [0.15, 0.2) is 47.1 Å².